The molecule has 0 aliphatic heterocycles. The summed E-state index contributed by atoms with van der Waals surface area (Å²) in [6.45, 7) is 10.6. The molecule has 0 fully saturated rings. The second kappa shape index (κ2) is 34.2. The number of phenolic OH excluding ortho intramolecular Hbond substituents is 1. The lowest BCUT2D eigenvalue weighted by Gasteiger charge is -2.16. The van der Waals surface area contributed by atoms with Gasteiger partial charge in [-0.15, -0.1) is 0 Å². The number of phenols is 1. The average molecular weight is 781 g/mol. The molecule has 0 aliphatic rings. The third-order valence-electron chi connectivity index (χ3n) is 11.1. The number of aromatic hydroxyl groups is 1. The van der Waals surface area contributed by atoms with Crippen LogP contribution in [-0.4, -0.2) is 30.3 Å². The van der Waals surface area contributed by atoms with Crippen molar-refractivity contribution < 1.29 is 29.0 Å². The van der Waals surface area contributed by atoms with Gasteiger partial charge in [0, 0.05) is 30.4 Å². The van der Waals surface area contributed by atoms with Crippen molar-refractivity contribution in [3.63, 3.8) is 0 Å². The van der Waals surface area contributed by atoms with Crippen LogP contribution in [0.4, 0.5) is 0 Å². The summed E-state index contributed by atoms with van der Waals surface area (Å²) in [4.78, 5) is 38.2. The van der Waals surface area contributed by atoms with E-state index in [2.05, 4.69) is 19.9 Å². The number of methoxy groups -OCH3 is 1. The van der Waals surface area contributed by atoms with Gasteiger partial charge in [-0.3, -0.25) is 14.4 Å². The monoisotopic (exact) mass is 781 g/mol. The quantitative estimate of drug-likeness (QED) is 0.0238. The van der Waals surface area contributed by atoms with Gasteiger partial charge in [0.1, 0.15) is 23.0 Å². The van der Waals surface area contributed by atoms with Gasteiger partial charge in [0.25, 0.3) is 0 Å². The van der Waals surface area contributed by atoms with Gasteiger partial charge in [-0.05, 0) is 46.5 Å². The van der Waals surface area contributed by atoms with Gasteiger partial charge in [0.15, 0.2) is 6.29 Å². The minimum atomic E-state index is -0.421. The van der Waals surface area contributed by atoms with Crippen molar-refractivity contribution in [3.05, 3.63) is 40.5 Å². The lowest BCUT2D eigenvalue weighted by atomic mass is 9.90. The molecule has 6 nitrogen and oxygen atoms in total. The lowest BCUT2D eigenvalue weighted by Crippen LogP contribution is -2.13. The molecule has 1 atom stereocenters. The van der Waals surface area contributed by atoms with E-state index in [1.807, 2.05) is 26.8 Å². The second-order valence-corrected chi connectivity index (χ2v) is 16.7. The maximum atomic E-state index is 13.3. The molecule has 1 rings (SSSR count). The Hall–Kier alpha value is -2.89. The van der Waals surface area contributed by atoms with Gasteiger partial charge in [-0.1, -0.05) is 191 Å². The predicted molar refractivity (Wildman–Crippen MR) is 236 cm³/mol. The van der Waals surface area contributed by atoms with Gasteiger partial charge in [-0.25, -0.2) is 0 Å². The minimum Gasteiger partial charge on any atom is -0.507 e. The Morgan fingerprint density at radius 3 is 1.48 bits per heavy atom. The highest BCUT2D eigenvalue weighted by molar-refractivity contribution is 5.87. The molecule has 1 N–H and O–H groups in total. The van der Waals surface area contributed by atoms with E-state index in [4.69, 9.17) is 9.47 Å². The van der Waals surface area contributed by atoms with Crippen LogP contribution in [0.5, 0.6) is 17.2 Å². The fourth-order valence-corrected chi connectivity index (χ4v) is 7.60. The Kier molecular flexibility index (Phi) is 31.2. The molecule has 320 valence electrons. The summed E-state index contributed by atoms with van der Waals surface area (Å²) in [5.41, 5.74) is 2.53. The molecule has 0 heterocycles. The van der Waals surface area contributed by atoms with Crippen LogP contribution in [0.15, 0.2) is 29.4 Å². The summed E-state index contributed by atoms with van der Waals surface area (Å²) in [5, 5.41) is 11.1. The molecule has 1 unspecified atom stereocenters. The second-order valence-electron chi connectivity index (χ2n) is 16.7. The molecule has 0 aromatic heterocycles. The van der Waals surface area contributed by atoms with Crippen molar-refractivity contribution in [2.75, 3.05) is 7.11 Å². The Balaban J connectivity index is 2.57. The number of carbonyl (C=O) groups is 3. The van der Waals surface area contributed by atoms with Gasteiger partial charge < -0.3 is 14.6 Å². The predicted octanol–water partition coefficient (Wildman–Crippen LogP) is 15.1. The molecule has 0 bridgehead atoms. The number of aldehydes is 1. The number of benzene rings is 1. The fraction of sp³-hybridized carbons (Fsp3) is 0.740. The van der Waals surface area contributed by atoms with Crippen LogP contribution in [0.2, 0.25) is 0 Å². The van der Waals surface area contributed by atoms with Crippen LogP contribution in [0, 0.1) is 5.92 Å². The summed E-state index contributed by atoms with van der Waals surface area (Å²) in [5.74, 6) is -0.218. The van der Waals surface area contributed by atoms with Crippen LogP contribution in [0.1, 0.15) is 237 Å². The molecule has 0 saturated carbocycles. The molecule has 0 amide bonds. The summed E-state index contributed by atoms with van der Waals surface area (Å²) >= 11 is 0. The van der Waals surface area contributed by atoms with Crippen molar-refractivity contribution in [2.45, 2.75) is 227 Å². The zero-order chi connectivity index (χ0) is 41.2. The highest BCUT2D eigenvalue weighted by Gasteiger charge is 2.21. The van der Waals surface area contributed by atoms with Crippen LogP contribution >= 0.6 is 0 Å². The first-order chi connectivity index (χ1) is 27.2. The van der Waals surface area contributed by atoms with Crippen LogP contribution in [0.3, 0.4) is 0 Å². The van der Waals surface area contributed by atoms with Crippen molar-refractivity contribution in [1.82, 2.24) is 0 Å². The fourth-order valence-electron chi connectivity index (χ4n) is 7.60. The van der Waals surface area contributed by atoms with Crippen LogP contribution in [-0.2, 0) is 16.0 Å². The maximum absolute atomic E-state index is 13.3. The third kappa shape index (κ3) is 24.7. The number of ketones is 1. The van der Waals surface area contributed by atoms with E-state index in [-0.39, 0.29) is 35.2 Å². The van der Waals surface area contributed by atoms with E-state index in [1.54, 1.807) is 0 Å². The minimum absolute atomic E-state index is 0.0147. The molecular weight excluding hydrogens is 697 g/mol. The van der Waals surface area contributed by atoms with Gasteiger partial charge >= 0.3 is 5.97 Å². The number of allylic oxidation sites excluding steroid dienone is 4. The zero-order valence-corrected chi connectivity index (χ0v) is 37.1. The zero-order valence-electron chi connectivity index (χ0n) is 37.1. The normalized spacial score (nSPS) is 12.1. The Morgan fingerprint density at radius 1 is 0.643 bits per heavy atom. The molecule has 0 aliphatic carbocycles. The average Bonchev–Trinajstić information content (AvgIpc) is 3.17. The topological polar surface area (TPSA) is 89.9 Å². The van der Waals surface area contributed by atoms with E-state index in [0.29, 0.717) is 36.9 Å². The first-order valence-corrected chi connectivity index (χ1v) is 23.1. The molecular formula is C50H84O6. The summed E-state index contributed by atoms with van der Waals surface area (Å²) in [6, 6.07) is 1.52. The summed E-state index contributed by atoms with van der Waals surface area (Å²) in [6.07, 6.45) is 38.9. The van der Waals surface area contributed by atoms with Gasteiger partial charge in [-0.2, -0.15) is 0 Å². The molecule has 1 aromatic carbocycles. The van der Waals surface area contributed by atoms with Crippen molar-refractivity contribution >= 4 is 18.0 Å². The summed E-state index contributed by atoms with van der Waals surface area (Å²) in [7, 11) is 1.49. The smallest absolute Gasteiger partial charge is 0.311 e. The third-order valence-corrected chi connectivity index (χ3v) is 11.1. The van der Waals surface area contributed by atoms with E-state index < -0.39 is 5.97 Å². The van der Waals surface area contributed by atoms with Crippen LogP contribution < -0.4 is 9.47 Å². The largest absolute Gasteiger partial charge is 0.507 e. The summed E-state index contributed by atoms with van der Waals surface area (Å²) < 4.78 is 11.2. The molecule has 56 heavy (non-hydrogen) atoms. The van der Waals surface area contributed by atoms with Crippen LogP contribution in [0.25, 0.3) is 0 Å². The number of carbonyl (C=O) groups excluding carboxylic acids is 3. The molecule has 1 aromatic rings. The first-order valence-electron chi connectivity index (χ1n) is 23.1. The Morgan fingerprint density at radius 2 is 1.07 bits per heavy atom. The lowest BCUT2D eigenvalue weighted by molar-refractivity contribution is -0.134. The first kappa shape index (κ1) is 51.1. The number of hydrogen-bond acceptors (Lipinski definition) is 6. The number of ether oxygens (including phenoxy) is 2. The molecule has 0 saturated heterocycles. The SMILES string of the molecule is CCCCCCCCCCCCCCCC(=O)Oc1cc(OC)c(C/C=C(\C)CC(C=C(C)C)C(=O)CCCCCCCCCCCCCCC)c(O)c1C=O. The van der Waals surface area contributed by atoms with E-state index in [9.17, 15) is 19.5 Å². The molecule has 0 spiro atoms. The highest BCUT2D eigenvalue weighted by atomic mass is 16.5. The number of Topliss-reactive ketones (excluding diaryl/α,β-unsaturated/α-hetero) is 1. The maximum Gasteiger partial charge on any atom is 0.311 e. The van der Waals surface area contributed by atoms with Gasteiger partial charge in [0.2, 0.25) is 0 Å². The van der Waals surface area contributed by atoms with E-state index in [0.717, 1.165) is 43.3 Å². The van der Waals surface area contributed by atoms with E-state index in [1.165, 1.54) is 148 Å². The van der Waals surface area contributed by atoms with Crippen molar-refractivity contribution in [1.29, 1.82) is 0 Å². The van der Waals surface area contributed by atoms with E-state index >= 15 is 0 Å². The Bertz CT molecular complexity index is 1260. The molecule has 6 heteroatoms. The number of esters is 1. The highest BCUT2D eigenvalue weighted by Crippen LogP contribution is 2.39. The van der Waals surface area contributed by atoms with Crippen molar-refractivity contribution in [3.8, 4) is 17.2 Å². The number of unbranched alkanes of at least 4 members (excludes halogenated alkanes) is 24. The Labute approximate surface area is 344 Å². The van der Waals surface area contributed by atoms with Gasteiger partial charge in [0.05, 0.1) is 12.7 Å². The standard InChI is InChI=1S/C50H84O6/c1-7-9-11-13-15-17-19-21-23-25-27-29-31-33-46(52)43(37-41(3)4)38-42(5)35-36-44-47(55-6)39-48(45(40-51)50(44)54)56-49(53)34-32-30-28-26-24-22-20-18-16-14-12-10-8-2/h35,37,39-40,43,54H,7-34,36,38H2,1-6H3/b42-35+. The molecule has 0 radical (unpaired) electrons. The number of hydrogen-bond donors (Lipinski definition) is 1. The van der Waals surface area contributed by atoms with Crippen molar-refractivity contribution in [2.24, 2.45) is 5.92 Å². The number of rotatable bonds is 37.